The van der Waals surface area contributed by atoms with Crippen LogP contribution in [0.25, 0.3) is 0 Å². The summed E-state index contributed by atoms with van der Waals surface area (Å²) in [4.78, 5) is 3.45. The van der Waals surface area contributed by atoms with Gasteiger partial charge in [0.05, 0.1) is 7.11 Å². The summed E-state index contributed by atoms with van der Waals surface area (Å²) in [6.45, 7) is 0.580. The standard InChI is InChI=1S/C9H9F4NO2/c1-5-6(4-10)3-7(14-8(5)15-2)16-9(11,12)13/h3H,4H2,1-2H3. The highest BCUT2D eigenvalue weighted by molar-refractivity contribution is 5.37. The lowest BCUT2D eigenvalue weighted by Gasteiger charge is -2.12. The van der Waals surface area contributed by atoms with Crippen molar-refractivity contribution < 1.29 is 27.0 Å². The van der Waals surface area contributed by atoms with Gasteiger partial charge in [0.25, 0.3) is 0 Å². The Bertz CT molecular complexity index is 353. The number of ether oxygens (including phenoxy) is 2. The lowest BCUT2D eigenvalue weighted by molar-refractivity contribution is -0.276. The van der Waals surface area contributed by atoms with Crippen LogP contribution < -0.4 is 9.47 Å². The normalized spacial score (nSPS) is 11.4. The summed E-state index contributed by atoms with van der Waals surface area (Å²) in [5.41, 5.74) is 0.394. The molecule has 0 saturated heterocycles. The Morgan fingerprint density at radius 3 is 2.44 bits per heavy atom. The molecule has 16 heavy (non-hydrogen) atoms. The van der Waals surface area contributed by atoms with Crippen LogP contribution in [-0.4, -0.2) is 18.5 Å². The molecule has 0 N–H and O–H groups in total. The largest absolute Gasteiger partial charge is 0.574 e. The van der Waals surface area contributed by atoms with E-state index in [0.717, 1.165) is 6.07 Å². The number of methoxy groups -OCH3 is 1. The van der Waals surface area contributed by atoms with Crippen molar-refractivity contribution in [2.24, 2.45) is 0 Å². The van der Waals surface area contributed by atoms with Crippen LogP contribution in [0.3, 0.4) is 0 Å². The van der Waals surface area contributed by atoms with E-state index in [1.54, 1.807) is 0 Å². The van der Waals surface area contributed by atoms with Gasteiger partial charge in [0.1, 0.15) is 6.67 Å². The molecule has 0 amide bonds. The van der Waals surface area contributed by atoms with Gasteiger partial charge in [-0.3, -0.25) is 0 Å². The highest BCUT2D eigenvalue weighted by Crippen LogP contribution is 2.28. The summed E-state index contributed by atoms with van der Waals surface area (Å²) < 4.78 is 56.5. The van der Waals surface area contributed by atoms with Crippen molar-refractivity contribution >= 4 is 0 Å². The third-order valence-corrected chi connectivity index (χ3v) is 1.87. The predicted molar refractivity (Wildman–Crippen MR) is 47.0 cm³/mol. The van der Waals surface area contributed by atoms with Gasteiger partial charge in [-0.05, 0) is 12.5 Å². The lowest BCUT2D eigenvalue weighted by Crippen LogP contribution is -2.18. The van der Waals surface area contributed by atoms with E-state index >= 15 is 0 Å². The van der Waals surface area contributed by atoms with E-state index in [9.17, 15) is 17.6 Å². The van der Waals surface area contributed by atoms with Gasteiger partial charge in [0.2, 0.25) is 11.8 Å². The summed E-state index contributed by atoms with van der Waals surface area (Å²) in [6, 6.07) is 0.894. The Labute approximate surface area is 89.0 Å². The zero-order valence-corrected chi connectivity index (χ0v) is 8.56. The van der Waals surface area contributed by atoms with E-state index in [2.05, 4.69) is 9.72 Å². The van der Waals surface area contributed by atoms with E-state index < -0.39 is 18.9 Å². The second-order valence-electron chi connectivity index (χ2n) is 2.94. The van der Waals surface area contributed by atoms with Gasteiger partial charge in [-0.15, -0.1) is 13.2 Å². The molecule has 0 aliphatic heterocycles. The molecule has 0 spiro atoms. The van der Waals surface area contributed by atoms with Crippen LogP contribution >= 0.6 is 0 Å². The molecular formula is C9H9F4NO2. The highest BCUT2D eigenvalue weighted by Gasteiger charge is 2.32. The zero-order valence-electron chi connectivity index (χ0n) is 8.56. The second kappa shape index (κ2) is 4.54. The summed E-state index contributed by atoms with van der Waals surface area (Å²) in [5, 5.41) is 0. The maximum Gasteiger partial charge on any atom is 0.574 e. The summed E-state index contributed by atoms with van der Waals surface area (Å²) in [7, 11) is 1.23. The smallest absolute Gasteiger partial charge is 0.481 e. The van der Waals surface area contributed by atoms with Crippen molar-refractivity contribution in [3.8, 4) is 11.8 Å². The zero-order chi connectivity index (χ0) is 12.3. The highest BCUT2D eigenvalue weighted by atomic mass is 19.4. The average Bonchev–Trinajstić information content (AvgIpc) is 2.18. The van der Waals surface area contributed by atoms with Crippen LogP contribution in [0.2, 0.25) is 0 Å². The van der Waals surface area contributed by atoms with Gasteiger partial charge in [-0.1, -0.05) is 0 Å². The molecule has 1 aromatic rings. The fourth-order valence-electron chi connectivity index (χ4n) is 1.12. The van der Waals surface area contributed by atoms with Crippen LogP contribution in [0.5, 0.6) is 11.8 Å². The Morgan fingerprint density at radius 2 is 2.00 bits per heavy atom. The van der Waals surface area contributed by atoms with Gasteiger partial charge < -0.3 is 9.47 Å². The van der Waals surface area contributed by atoms with Crippen molar-refractivity contribution in [3.63, 3.8) is 0 Å². The molecule has 3 nitrogen and oxygen atoms in total. The number of alkyl halides is 4. The van der Waals surface area contributed by atoms with E-state index in [1.165, 1.54) is 14.0 Å². The Morgan fingerprint density at radius 1 is 1.38 bits per heavy atom. The quantitative estimate of drug-likeness (QED) is 0.760. The molecule has 0 fully saturated rings. The summed E-state index contributed by atoms with van der Waals surface area (Å²) >= 11 is 0. The molecule has 1 rings (SSSR count). The average molecular weight is 239 g/mol. The topological polar surface area (TPSA) is 31.4 Å². The molecule has 0 aromatic carbocycles. The SMILES string of the molecule is COc1nc(OC(F)(F)F)cc(CF)c1C. The molecule has 0 saturated carbocycles. The molecule has 0 radical (unpaired) electrons. The number of halogens is 4. The first-order valence-corrected chi connectivity index (χ1v) is 4.23. The molecular weight excluding hydrogens is 230 g/mol. The van der Waals surface area contributed by atoms with Gasteiger partial charge in [0.15, 0.2) is 0 Å². The fourth-order valence-corrected chi connectivity index (χ4v) is 1.12. The Balaban J connectivity index is 3.12. The molecule has 0 unspecified atom stereocenters. The van der Waals surface area contributed by atoms with Crippen LogP contribution in [0, 0.1) is 6.92 Å². The molecule has 1 heterocycles. The van der Waals surface area contributed by atoms with Crippen LogP contribution in [0.4, 0.5) is 17.6 Å². The fraction of sp³-hybridized carbons (Fsp3) is 0.444. The van der Waals surface area contributed by atoms with Gasteiger partial charge in [-0.2, -0.15) is 4.98 Å². The monoisotopic (exact) mass is 239 g/mol. The van der Waals surface area contributed by atoms with E-state index in [1.807, 2.05) is 0 Å². The molecule has 0 atom stereocenters. The first-order valence-electron chi connectivity index (χ1n) is 4.23. The van der Waals surface area contributed by atoms with Crippen molar-refractivity contribution in [1.82, 2.24) is 4.98 Å². The molecule has 90 valence electrons. The number of hydrogen-bond acceptors (Lipinski definition) is 3. The number of aromatic nitrogens is 1. The van der Waals surface area contributed by atoms with E-state index in [4.69, 9.17) is 4.74 Å². The molecule has 0 bridgehead atoms. The van der Waals surface area contributed by atoms with Gasteiger partial charge >= 0.3 is 6.36 Å². The third kappa shape index (κ3) is 2.98. The lowest BCUT2D eigenvalue weighted by atomic mass is 10.1. The van der Waals surface area contributed by atoms with Crippen molar-refractivity contribution in [2.75, 3.05) is 7.11 Å². The Kier molecular flexibility index (Phi) is 3.56. The van der Waals surface area contributed by atoms with E-state index in [-0.39, 0.29) is 11.4 Å². The Hall–Kier alpha value is -1.53. The van der Waals surface area contributed by atoms with Crippen LogP contribution in [-0.2, 0) is 6.67 Å². The maximum absolute atomic E-state index is 12.5. The van der Waals surface area contributed by atoms with Crippen molar-refractivity contribution in [2.45, 2.75) is 20.0 Å². The number of rotatable bonds is 3. The molecule has 7 heteroatoms. The molecule has 1 aromatic heterocycles. The number of nitrogens with zero attached hydrogens (tertiary/aromatic N) is 1. The maximum atomic E-state index is 12.5. The van der Waals surface area contributed by atoms with E-state index in [0.29, 0.717) is 5.56 Å². The minimum atomic E-state index is -4.86. The minimum absolute atomic E-state index is 0.0473. The second-order valence-corrected chi connectivity index (χ2v) is 2.94. The number of pyridine rings is 1. The molecule has 0 aliphatic rings. The van der Waals surface area contributed by atoms with Crippen LogP contribution in [0.1, 0.15) is 11.1 Å². The van der Waals surface area contributed by atoms with Crippen molar-refractivity contribution in [1.29, 1.82) is 0 Å². The van der Waals surface area contributed by atoms with Crippen LogP contribution in [0.15, 0.2) is 6.07 Å². The summed E-state index contributed by atoms with van der Waals surface area (Å²) in [5.74, 6) is -0.822. The van der Waals surface area contributed by atoms with Crippen molar-refractivity contribution in [3.05, 3.63) is 17.2 Å². The summed E-state index contributed by atoms with van der Waals surface area (Å²) in [6.07, 6.45) is -4.86. The first kappa shape index (κ1) is 12.5. The first-order chi connectivity index (χ1) is 7.37. The number of hydrogen-bond donors (Lipinski definition) is 0. The minimum Gasteiger partial charge on any atom is -0.481 e. The molecule has 0 aliphatic carbocycles. The van der Waals surface area contributed by atoms with Gasteiger partial charge in [0, 0.05) is 11.6 Å². The third-order valence-electron chi connectivity index (χ3n) is 1.87. The van der Waals surface area contributed by atoms with Gasteiger partial charge in [-0.25, -0.2) is 4.39 Å². The predicted octanol–water partition coefficient (Wildman–Crippen LogP) is 2.77.